The second-order valence-corrected chi connectivity index (χ2v) is 5.95. The van der Waals surface area contributed by atoms with Gasteiger partial charge in [-0.2, -0.15) is 5.10 Å². The zero-order chi connectivity index (χ0) is 19.6. The monoisotopic (exact) mass is 391 g/mol. The summed E-state index contributed by atoms with van der Waals surface area (Å²) in [5.74, 6) is -1.62. The molecule has 0 saturated carbocycles. The molecule has 0 aliphatic carbocycles. The summed E-state index contributed by atoms with van der Waals surface area (Å²) in [4.78, 5) is 23.1. The molecular weight excluding hydrogens is 373 g/mol. The Morgan fingerprint density at radius 2 is 2.00 bits per heavy atom. The Hall–Kier alpha value is -2.93. The number of rotatable bonds is 7. The maximum absolute atomic E-state index is 13.7. The summed E-state index contributed by atoms with van der Waals surface area (Å²) in [6.07, 6.45) is 2.01. The van der Waals surface area contributed by atoms with Crippen LogP contribution < -0.4 is 15.5 Å². The Morgan fingerprint density at radius 3 is 2.74 bits per heavy atom. The standard InChI is InChI=1S/C19H19ClFN3O3/c1-2-9-22-18(25)19(26)24-23-11-14-10-15(20)7-8-17(14)27-12-13-5-3-4-6-16(13)21/h3-8,10-11H,2,9,12H2,1H3,(H,22,25)(H,24,26)/b23-11-. The summed E-state index contributed by atoms with van der Waals surface area (Å²) in [6.45, 7) is 2.29. The van der Waals surface area contributed by atoms with Gasteiger partial charge in [-0.1, -0.05) is 36.7 Å². The van der Waals surface area contributed by atoms with Crippen LogP contribution in [0.1, 0.15) is 24.5 Å². The van der Waals surface area contributed by atoms with Crippen LogP contribution in [0.25, 0.3) is 0 Å². The average molecular weight is 392 g/mol. The second kappa shape index (κ2) is 10.3. The Labute approximate surface area is 161 Å². The molecule has 2 aromatic carbocycles. The van der Waals surface area contributed by atoms with Gasteiger partial charge in [0.05, 0.1) is 6.21 Å². The molecule has 142 valence electrons. The SMILES string of the molecule is CCCNC(=O)C(=O)N/N=C\c1cc(Cl)ccc1OCc1ccccc1F. The third kappa shape index (κ3) is 6.38. The van der Waals surface area contributed by atoms with Gasteiger partial charge in [0, 0.05) is 22.7 Å². The van der Waals surface area contributed by atoms with Gasteiger partial charge in [-0.3, -0.25) is 9.59 Å². The van der Waals surface area contributed by atoms with Crippen molar-refractivity contribution in [2.24, 2.45) is 5.10 Å². The quantitative estimate of drug-likeness (QED) is 0.432. The van der Waals surface area contributed by atoms with Crippen molar-refractivity contribution in [1.29, 1.82) is 0 Å². The molecule has 6 nitrogen and oxygen atoms in total. The summed E-state index contributed by atoms with van der Waals surface area (Å²) >= 11 is 5.98. The van der Waals surface area contributed by atoms with Crippen LogP contribution in [-0.4, -0.2) is 24.6 Å². The van der Waals surface area contributed by atoms with Gasteiger partial charge in [-0.05, 0) is 30.7 Å². The van der Waals surface area contributed by atoms with Crippen molar-refractivity contribution in [1.82, 2.24) is 10.7 Å². The van der Waals surface area contributed by atoms with E-state index in [0.29, 0.717) is 34.9 Å². The van der Waals surface area contributed by atoms with Crippen LogP contribution in [0, 0.1) is 5.82 Å². The number of ether oxygens (including phenoxy) is 1. The molecule has 0 fully saturated rings. The van der Waals surface area contributed by atoms with Gasteiger partial charge in [-0.15, -0.1) is 0 Å². The molecule has 0 saturated heterocycles. The smallest absolute Gasteiger partial charge is 0.329 e. The first-order chi connectivity index (χ1) is 13.0. The highest BCUT2D eigenvalue weighted by atomic mass is 35.5. The lowest BCUT2D eigenvalue weighted by atomic mass is 10.2. The summed E-state index contributed by atoms with van der Waals surface area (Å²) in [7, 11) is 0. The molecule has 0 bridgehead atoms. The minimum absolute atomic E-state index is 0.0148. The largest absolute Gasteiger partial charge is 0.488 e. The number of carbonyl (C=O) groups is 2. The van der Waals surface area contributed by atoms with E-state index in [1.165, 1.54) is 12.3 Å². The predicted octanol–water partition coefficient (Wildman–Crippen LogP) is 3.03. The molecule has 0 aliphatic rings. The number of benzene rings is 2. The lowest BCUT2D eigenvalue weighted by Crippen LogP contribution is -2.38. The van der Waals surface area contributed by atoms with Crippen molar-refractivity contribution in [3.05, 3.63) is 64.4 Å². The fourth-order valence-corrected chi connectivity index (χ4v) is 2.23. The van der Waals surface area contributed by atoms with E-state index in [2.05, 4.69) is 15.8 Å². The lowest BCUT2D eigenvalue weighted by molar-refractivity contribution is -0.139. The predicted molar refractivity (Wildman–Crippen MR) is 101 cm³/mol. The number of hydrogen-bond donors (Lipinski definition) is 2. The van der Waals surface area contributed by atoms with E-state index in [4.69, 9.17) is 16.3 Å². The number of halogens is 2. The minimum atomic E-state index is -0.879. The number of nitrogens with one attached hydrogen (secondary N) is 2. The van der Waals surface area contributed by atoms with Crippen molar-refractivity contribution in [2.45, 2.75) is 20.0 Å². The van der Waals surface area contributed by atoms with Crippen molar-refractivity contribution >= 4 is 29.6 Å². The van der Waals surface area contributed by atoms with Crippen LogP contribution in [0.5, 0.6) is 5.75 Å². The second-order valence-electron chi connectivity index (χ2n) is 5.52. The Morgan fingerprint density at radius 1 is 1.22 bits per heavy atom. The number of nitrogens with zero attached hydrogens (tertiary/aromatic N) is 1. The van der Waals surface area contributed by atoms with Crippen LogP contribution in [0.3, 0.4) is 0 Å². The maximum Gasteiger partial charge on any atom is 0.329 e. The Bertz CT molecular complexity index is 843. The zero-order valence-electron chi connectivity index (χ0n) is 14.7. The highest BCUT2D eigenvalue weighted by Crippen LogP contribution is 2.23. The van der Waals surface area contributed by atoms with Gasteiger partial charge in [0.25, 0.3) is 0 Å². The van der Waals surface area contributed by atoms with Gasteiger partial charge < -0.3 is 10.1 Å². The van der Waals surface area contributed by atoms with Crippen LogP contribution in [-0.2, 0) is 16.2 Å². The van der Waals surface area contributed by atoms with Crippen LogP contribution in [0.15, 0.2) is 47.6 Å². The molecule has 2 aromatic rings. The van der Waals surface area contributed by atoms with Gasteiger partial charge in [-0.25, -0.2) is 9.82 Å². The third-order valence-electron chi connectivity index (χ3n) is 3.42. The lowest BCUT2D eigenvalue weighted by Gasteiger charge is -2.10. The number of hydrazone groups is 1. The molecule has 0 heterocycles. The first kappa shape index (κ1) is 20.4. The first-order valence-corrected chi connectivity index (χ1v) is 8.66. The fourth-order valence-electron chi connectivity index (χ4n) is 2.05. The molecule has 0 atom stereocenters. The maximum atomic E-state index is 13.7. The van der Waals surface area contributed by atoms with Gasteiger partial charge in [0.15, 0.2) is 0 Å². The summed E-state index contributed by atoms with van der Waals surface area (Å²) < 4.78 is 19.3. The van der Waals surface area contributed by atoms with E-state index in [-0.39, 0.29) is 12.4 Å². The van der Waals surface area contributed by atoms with E-state index in [0.717, 1.165) is 0 Å². The van der Waals surface area contributed by atoms with Crippen LogP contribution >= 0.6 is 11.6 Å². The van der Waals surface area contributed by atoms with E-state index < -0.39 is 11.8 Å². The molecule has 0 unspecified atom stereocenters. The number of carbonyl (C=O) groups excluding carboxylic acids is 2. The van der Waals surface area contributed by atoms with Crippen molar-refractivity contribution < 1.29 is 18.7 Å². The molecule has 0 spiro atoms. The fraction of sp³-hybridized carbons (Fsp3) is 0.211. The zero-order valence-corrected chi connectivity index (χ0v) is 15.4. The van der Waals surface area contributed by atoms with Crippen molar-refractivity contribution in [3.63, 3.8) is 0 Å². The molecule has 27 heavy (non-hydrogen) atoms. The van der Waals surface area contributed by atoms with E-state index in [9.17, 15) is 14.0 Å². The van der Waals surface area contributed by atoms with Crippen LogP contribution in [0.4, 0.5) is 4.39 Å². The molecule has 0 aromatic heterocycles. The van der Waals surface area contributed by atoms with Gasteiger partial charge >= 0.3 is 11.8 Å². The van der Waals surface area contributed by atoms with E-state index >= 15 is 0 Å². The topological polar surface area (TPSA) is 79.8 Å². The Kier molecular flexibility index (Phi) is 7.76. The molecular formula is C19H19ClFN3O3. The summed E-state index contributed by atoms with van der Waals surface area (Å²) in [6, 6.07) is 11.1. The summed E-state index contributed by atoms with van der Waals surface area (Å²) in [5, 5.41) is 6.62. The Balaban J connectivity index is 2.03. The van der Waals surface area contributed by atoms with Crippen molar-refractivity contribution in [2.75, 3.05) is 6.54 Å². The first-order valence-electron chi connectivity index (χ1n) is 8.28. The highest BCUT2D eigenvalue weighted by molar-refractivity contribution is 6.35. The normalized spacial score (nSPS) is 10.6. The molecule has 0 aliphatic heterocycles. The highest BCUT2D eigenvalue weighted by Gasteiger charge is 2.11. The summed E-state index contributed by atoms with van der Waals surface area (Å²) in [5.41, 5.74) is 2.99. The number of hydrogen-bond acceptors (Lipinski definition) is 4. The van der Waals surface area contributed by atoms with E-state index in [1.54, 1.807) is 36.4 Å². The van der Waals surface area contributed by atoms with Crippen LogP contribution in [0.2, 0.25) is 5.02 Å². The average Bonchev–Trinajstić information content (AvgIpc) is 2.66. The minimum Gasteiger partial charge on any atom is -0.488 e. The van der Waals surface area contributed by atoms with Gasteiger partial charge in [0.1, 0.15) is 18.2 Å². The number of amides is 2. The molecule has 2 rings (SSSR count). The third-order valence-corrected chi connectivity index (χ3v) is 3.66. The molecule has 8 heteroatoms. The van der Waals surface area contributed by atoms with E-state index in [1.807, 2.05) is 6.92 Å². The molecule has 2 N–H and O–H groups in total. The molecule has 0 radical (unpaired) electrons. The van der Waals surface area contributed by atoms with Crippen molar-refractivity contribution in [3.8, 4) is 5.75 Å². The molecule has 2 amide bonds. The van der Waals surface area contributed by atoms with Gasteiger partial charge in [0.2, 0.25) is 0 Å².